The van der Waals surface area contributed by atoms with Gasteiger partial charge in [-0.3, -0.25) is 0 Å². The average molecular weight is 319 g/mol. The summed E-state index contributed by atoms with van der Waals surface area (Å²) in [7, 11) is 0. The molecule has 0 amide bonds. The highest BCUT2D eigenvalue weighted by atomic mass is 32.1. The molecule has 114 valence electrons. The van der Waals surface area contributed by atoms with Crippen LogP contribution in [0.4, 0.5) is 0 Å². The van der Waals surface area contributed by atoms with Crippen LogP contribution in [0.15, 0.2) is 53.4 Å². The Bertz CT molecular complexity index is 655. The van der Waals surface area contributed by atoms with E-state index in [0.29, 0.717) is 11.1 Å². The molecule has 0 unspecified atom stereocenters. The fourth-order valence-electron chi connectivity index (χ4n) is 1.69. The second-order valence-corrected chi connectivity index (χ2v) is 4.95. The van der Waals surface area contributed by atoms with Crippen LogP contribution in [0.2, 0.25) is 0 Å². The lowest BCUT2D eigenvalue weighted by Gasteiger charge is -2.06. The molecule has 0 aliphatic heterocycles. The molecule has 22 heavy (non-hydrogen) atoms. The third kappa shape index (κ3) is 4.78. The van der Waals surface area contributed by atoms with Gasteiger partial charge in [0.2, 0.25) is 0 Å². The largest absolute Gasteiger partial charge is 0.457 e. The minimum atomic E-state index is -0.841. The molecule has 0 aliphatic carbocycles. The minimum Gasteiger partial charge on any atom is -0.457 e. The van der Waals surface area contributed by atoms with Gasteiger partial charge in [-0.25, -0.2) is 4.79 Å². The van der Waals surface area contributed by atoms with Crippen LogP contribution in [0.25, 0.3) is 0 Å². The monoisotopic (exact) mass is 319 g/mol. The molecule has 7 heteroatoms. The Morgan fingerprint density at radius 3 is 2.09 bits per heavy atom. The van der Waals surface area contributed by atoms with Crippen LogP contribution in [0.3, 0.4) is 0 Å². The highest BCUT2D eigenvalue weighted by Gasteiger charge is 2.07. The molecule has 0 saturated heterocycles. The summed E-state index contributed by atoms with van der Waals surface area (Å²) < 4.78 is 5.19. The second kappa shape index (κ2) is 7.46. The molecule has 0 aliphatic rings. The first kappa shape index (κ1) is 15.8. The Morgan fingerprint density at radius 2 is 1.55 bits per heavy atom. The maximum Gasteiger partial charge on any atom is 0.338 e. The predicted octanol–water partition coefficient (Wildman–Crippen LogP) is 3.04. The van der Waals surface area contributed by atoms with E-state index in [9.17, 15) is 14.9 Å². The zero-order chi connectivity index (χ0) is 15.9. The Labute approximate surface area is 132 Å². The summed E-state index contributed by atoms with van der Waals surface area (Å²) in [4.78, 5) is 27.0. The van der Waals surface area contributed by atoms with E-state index in [2.05, 4.69) is 17.5 Å². The Hall–Kier alpha value is -2.54. The van der Waals surface area contributed by atoms with Gasteiger partial charge in [0.25, 0.3) is 5.09 Å². The number of hydrogen-bond acceptors (Lipinski definition) is 6. The molecule has 6 nitrogen and oxygen atoms in total. The highest BCUT2D eigenvalue weighted by Crippen LogP contribution is 2.11. The van der Waals surface area contributed by atoms with Crippen molar-refractivity contribution < 1.29 is 19.5 Å². The Kier molecular flexibility index (Phi) is 5.37. The standard InChI is InChI=1S/C15H13NO5S/c17-15(13-5-7-14(22)8-6-13)20-9-11-1-3-12(4-2-11)10-21-16(18)19/h1-8,22H,9-10H2. The van der Waals surface area contributed by atoms with Crippen LogP contribution >= 0.6 is 12.6 Å². The van der Waals surface area contributed by atoms with Crippen molar-refractivity contribution in [1.29, 1.82) is 0 Å². The first-order valence-corrected chi connectivity index (χ1v) is 6.80. The van der Waals surface area contributed by atoms with Crippen LogP contribution < -0.4 is 0 Å². The van der Waals surface area contributed by atoms with Crippen LogP contribution in [0, 0.1) is 10.1 Å². The summed E-state index contributed by atoms with van der Waals surface area (Å²) in [6.45, 7) is 0.0149. The van der Waals surface area contributed by atoms with Gasteiger partial charge in [0, 0.05) is 4.90 Å². The lowest BCUT2D eigenvalue weighted by atomic mass is 10.1. The zero-order valence-electron chi connectivity index (χ0n) is 11.5. The molecule has 0 saturated carbocycles. The molecule has 0 heterocycles. The van der Waals surface area contributed by atoms with Crippen molar-refractivity contribution in [3.63, 3.8) is 0 Å². The van der Waals surface area contributed by atoms with E-state index >= 15 is 0 Å². The number of rotatable bonds is 6. The van der Waals surface area contributed by atoms with Crippen molar-refractivity contribution in [2.45, 2.75) is 18.1 Å². The molecule has 0 atom stereocenters. The molecule has 0 fully saturated rings. The number of hydrogen-bond donors (Lipinski definition) is 1. The normalized spacial score (nSPS) is 10.0. The average Bonchev–Trinajstić information content (AvgIpc) is 2.52. The van der Waals surface area contributed by atoms with Gasteiger partial charge in [0.05, 0.1) is 5.56 Å². The van der Waals surface area contributed by atoms with Gasteiger partial charge < -0.3 is 9.57 Å². The van der Waals surface area contributed by atoms with Crippen LogP contribution in [0.5, 0.6) is 0 Å². The number of benzene rings is 2. The molecule has 0 aromatic heterocycles. The number of esters is 1. The van der Waals surface area contributed by atoms with Gasteiger partial charge in [-0.15, -0.1) is 22.7 Å². The summed E-state index contributed by atoms with van der Waals surface area (Å²) in [5, 5.41) is 9.25. The van der Waals surface area contributed by atoms with Crippen LogP contribution in [-0.2, 0) is 22.8 Å². The lowest BCUT2D eigenvalue weighted by Crippen LogP contribution is -2.05. The smallest absolute Gasteiger partial charge is 0.338 e. The van der Waals surface area contributed by atoms with Gasteiger partial charge in [-0.2, -0.15) is 0 Å². The molecule has 2 aromatic rings. The van der Waals surface area contributed by atoms with Gasteiger partial charge in [-0.1, -0.05) is 24.3 Å². The third-order valence-corrected chi connectivity index (χ3v) is 3.13. The van der Waals surface area contributed by atoms with Gasteiger partial charge >= 0.3 is 5.97 Å². The number of thiol groups is 1. The lowest BCUT2D eigenvalue weighted by molar-refractivity contribution is -0.763. The second-order valence-electron chi connectivity index (χ2n) is 4.44. The molecule has 0 radical (unpaired) electrons. The topological polar surface area (TPSA) is 78.7 Å². The number of carbonyl (C=O) groups excluding carboxylic acids is 1. The van der Waals surface area contributed by atoms with Gasteiger partial charge in [0.1, 0.15) is 13.2 Å². The fraction of sp³-hybridized carbons (Fsp3) is 0.133. The Balaban J connectivity index is 1.87. The number of carbonyl (C=O) groups is 1. The quantitative estimate of drug-likeness (QED) is 0.383. The van der Waals surface area contributed by atoms with E-state index < -0.39 is 11.1 Å². The highest BCUT2D eigenvalue weighted by molar-refractivity contribution is 7.80. The van der Waals surface area contributed by atoms with E-state index in [1.54, 1.807) is 48.5 Å². The summed E-state index contributed by atoms with van der Waals surface area (Å²) in [6.07, 6.45) is 0. The van der Waals surface area contributed by atoms with Crippen molar-refractivity contribution in [3.05, 3.63) is 75.3 Å². The van der Waals surface area contributed by atoms with E-state index in [-0.39, 0.29) is 13.2 Å². The van der Waals surface area contributed by atoms with Crippen molar-refractivity contribution in [3.8, 4) is 0 Å². The first-order chi connectivity index (χ1) is 10.5. The molecule has 0 N–H and O–H groups in total. The van der Waals surface area contributed by atoms with Gasteiger partial charge in [0.15, 0.2) is 0 Å². The Morgan fingerprint density at radius 1 is 1.00 bits per heavy atom. The first-order valence-electron chi connectivity index (χ1n) is 6.36. The number of nitrogens with zero attached hydrogens (tertiary/aromatic N) is 1. The van der Waals surface area contributed by atoms with Crippen molar-refractivity contribution in [1.82, 2.24) is 0 Å². The summed E-state index contributed by atoms with van der Waals surface area (Å²) in [5.74, 6) is -0.422. The fourth-order valence-corrected chi connectivity index (χ4v) is 1.84. The van der Waals surface area contributed by atoms with E-state index in [1.165, 1.54) is 0 Å². The third-order valence-electron chi connectivity index (χ3n) is 2.83. The summed E-state index contributed by atoms with van der Waals surface area (Å²) >= 11 is 4.14. The summed E-state index contributed by atoms with van der Waals surface area (Å²) in [5.41, 5.74) is 1.90. The maximum absolute atomic E-state index is 11.8. The summed E-state index contributed by atoms with van der Waals surface area (Å²) in [6, 6.07) is 13.5. The van der Waals surface area contributed by atoms with E-state index in [4.69, 9.17) is 4.74 Å². The number of ether oxygens (including phenoxy) is 1. The molecule has 2 rings (SSSR count). The van der Waals surface area contributed by atoms with Crippen LogP contribution in [0.1, 0.15) is 21.5 Å². The van der Waals surface area contributed by atoms with E-state index in [1.807, 2.05) is 0 Å². The van der Waals surface area contributed by atoms with Gasteiger partial charge in [-0.05, 0) is 35.4 Å². The maximum atomic E-state index is 11.8. The molecular formula is C15H13NO5S. The van der Waals surface area contributed by atoms with E-state index in [0.717, 1.165) is 10.5 Å². The molecule has 0 bridgehead atoms. The predicted molar refractivity (Wildman–Crippen MR) is 81.0 cm³/mol. The van der Waals surface area contributed by atoms with Crippen molar-refractivity contribution >= 4 is 18.6 Å². The van der Waals surface area contributed by atoms with Crippen LogP contribution in [-0.4, -0.2) is 11.1 Å². The zero-order valence-corrected chi connectivity index (χ0v) is 12.4. The molecule has 0 spiro atoms. The molecule has 2 aromatic carbocycles. The molecular weight excluding hydrogens is 306 g/mol. The van der Waals surface area contributed by atoms with Crippen molar-refractivity contribution in [2.75, 3.05) is 0 Å². The minimum absolute atomic E-state index is 0.108. The van der Waals surface area contributed by atoms with Crippen molar-refractivity contribution in [2.24, 2.45) is 0 Å². The SMILES string of the molecule is O=C(OCc1ccc(CO[N+](=O)[O-])cc1)c1ccc(S)cc1.